The molecule has 4 heteroatoms. The predicted octanol–water partition coefficient (Wildman–Crippen LogP) is 2.97. The third kappa shape index (κ3) is 4.31. The van der Waals surface area contributed by atoms with Crippen molar-refractivity contribution in [3.63, 3.8) is 0 Å². The van der Waals surface area contributed by atoms with Crippen LogP contribution in [0.2, 0.25) is 0 Å². The largest absolute Gasteiger partial charge is 0.478 e. The van der Waals surface area contributed by atoms with Crippen molar-refractivity contribution in [2.45, 2.75) is 39.5 Å². The van der Waals surface area contributed by atoms with E-state index in [-0.39, 0.29) is 11.5 Å². The summed E-state index contributed by atoms with van der Waals surface area (Å²) in [6, 6.07) is 6.55. The molecule has 1 fully saturated rings. The van der Waals surface area contributed by atoms with Crippen LogP contribution in [0.5, 0.6) is 0 Å². The van der Waals surface area contributed by atoms with Gasteiger partial charge in [0.25, 0.3) is 0 Å². The van der Waals surface area contributed by atoms with Gasteiger partial charge in [0.05, 0.1) is 12.0 Å². The van der Waals surface area contributed by atoms with Crippen molar-refractivity contribution in [1.82, 2.24) is 4.90 Å². The summed E-state index contributed by atoms with van der Waals surface area (Å²) >= 11 is 0. The normalized spacial score (nSPS) is 18.1. The van der Waals surface area contributed by atoms with Crippen molar-refractivity contribution < 1.29 is 14.7 Å². The van der Waals surface area contributed by atoms with E-state index in [4.69, 9.17) is 5.11 Å². The lowest BCUT2D eigenvalue weighted by Crippen LogP contribution is -2.33. The molecule has 2 rings (SSSR count). The van der Waals surface area contributed by atoms with Crippen molar-refractivity contribution in [2.24, 2.45) is 5.41 Å². The van der Waals surface area contributed by atoms with Gasteiger partial charge in [0.2, 0.25) is 5.91 Å². The Hall–Kier alpha value is -1.84. The van der Waals surface area contributed by atoms with Crippen LogP contribution in [0.15, 0.2) is 24.3 Å². The molecule has 1 saturated heterocycles. The predicted molar refractivity (Wildman–Crippen MR) is 81.3 cm³/mol. The van der Waals surface area contributed by atoms with Crippen LogP contribution >= 0.6 is 0 Å². The molecule has 0 spiro atoms. The standard InChI is InChI=1S/C17H23NO3/c1-17(2)8-3-10-18(11-9-17)15(19)12-13-4-6-14(7-5-13)16(20)21/h4-7H,3,8-12H2,1-2H3,(H,20,21). The van der Waals surface area contributed by atoms with E-state index < -0.39 is 5.97 Å². The van der Waals surface area contributed by atoms with Gasteiger partial charge in [-0.1, -0.05) is 26.0 Å². The topological polar surface area (TPSA) is 57.6 Å². The van der Waals surface area contributed by atoms with E-state index in [9.17, 15) is 9.59 Å². The van der Waals surface area contributed by atoms with E-state index in [0.29, 0.717) is 11.8 Å². The zero-order valence-corrected chi connectivity index (χ0v) is 12.8. The van der Waals surface area contributed by atoms with E-state index in [1.54, 1.807) is 24.3 Å². The SMILES string of the molecule is CC1(C)CCCN(C(=O)Cc2ccc(C(=O)O)cc2)CC1. The first-order chi connectivity index (χ1) is 9.87. The Bertz CT molecular complexity index is 519. The van der Waals surface area contributed by atoms with Crippen LogP contribution in [0, 0.1) is 5.41 Å². The summed E-state index contributed by atoms with van der Waals surface area (Å²) in [6.45, 7) is 6.16. The summed E-state index contributed by atoms with van der Waals surface area (Å²) in [5.41, 5.74) is 1.44. The van der Waals surface area contributed by atoms with Gasteiger partial charge >= 0.3 is 5.97 Å². The molecule has 0 radical (unpaired) electrons. The lowest BCUT2D eigenvalue weighted by Gasteiger charge is -2.23. The number of likely N-dealkylation sites (tertiary alicyclic amines) is 1. The molecular formula is C17H23NO3. The van der Waals surface area contributed by atoms with Crippen LogP contribution < -0.4 is 0 Å². The van der Waals surface area contributed by atoms with E-state index in [2.05, 4.69) is 13.8 Å². The van der Waals surface area contributed by atoms with E-state index in [0.717, 1.165) is 37.9 Å². The Morgan fingerprint density at radius 1 is 1.14 bits per heavy atom. The average Bonchev–Trinajstić information content (AvgIpc) is 2.60. The van der Waals surface area contributed by atoms with Crippen molar-refractivity contribution in [1.29, 1.82) is 0 Å². The monoisotopic (exact) mass is 289 g/mol. The fourth-order valence-electron chi connectivity index (χ4n) is 2.72. The van der Waals surface area contributed by atoms with E-state index in [1.165, 1.54) is 0 Å². The number of carbonyl (C=O) groups excluding carboxylic acids is 1. The van der Waals surface area contributed by atoms with Gasteiger partial charge < -0.3 is 10.0 Å². The summed E-state index contributed by atoms with van der Waals surface area (Å²) in [4.78, 5) is 25.1. The minimum atomic E-state index is -0.942. The highest BCUT2D eigenvalue weighted by Crippen LogP contribution is 2.29. The van der Waals surface area contributed by atoms with Gasteiger partial charge in [-0.2, -0.15) is 0 Å². The molecular weight excluding hydrogens is 266 g/mol. The molecule has 1 N–H and O–H groups in total. The summed E-state index contributed by atoms with van der Waals surface area (Å²) in [5.74, 6) is -0.807. The summed E-state index contributed by atoms with van der Waals surface area (Å²) in [7, 11) is 0. The number of carbonyl (C=O) groups is 2. The van der Waals surface area contributed by atoms with Gasteiger partial charge in [0, 0.05) is 13.1 Å². The molecule has 21 heavy (non-hydrogen) atoms. The number of carboxylic acid groups (broad SMARTS) is 1. The summed E-state index contributed by atoms with van der Waals surface area (Å²) in [6.07, 6.45) is 3.60. The summed E-state index contributed by atoms with van der Waals surface area (Å²) in [5, 5.41) is 8.87. The Morgan fingerprint density at radius 3 is 2.43 bits per heavy atom. The van der Waals surface area contributed by atoms with Crippen LogP contribution in [0.3, 0.4) is 0 Å². The third-order valence-corrected chi connectivity index (χ3v) is 4.25. The average molecular weight is 289 g/mol. The van der Waals surface area contributed by atoms with Crippen molar-refractivity contribution in [3.05, 3.63) is 35.4 Å². The highest BCUT2D eigenvalue weighted by atomic mass is 16.4. The van der Waals surface area contributed by atoms with Crippen LogP contribution in [0.4, 0.5) is 0 Å². The molecule has 0 saturated carbocycles. The first-order valence-electron chi connectivity index (χ1n) is 7.47. The number of aromatic carboxylic acids is 1. The first kappa shape index (κ1) is 15.5. The van der Waals surface area contributed by atoms with Gasteiger partial charge in [-0.05, 0) is 42.4 Å². The first-order valence-corrected chi connectivity index (χ1v) is 7.47. The minimum absolute atomic E-state index is 0.135. The van der Waals surface area contributed by atoms with Crippen LogP contribution in [-0.2, 0) is 11.2 Å². The number of carboxylic acids is 1. The number of benzene rings is 1. The fraction of sp³-hybridized carbons (Fsp3) is 0.529. The van der Waals surface area contributed by atoms with Gasteiger partial charge in [-0.15, -0.1) is 0 Å². The zero-order valence-electron chi connectivity index (χ0n) is 12.8. The highest BCUT2D eigenvalue weighted by molar-refractivity contribution is 5.87. The second-order valence-corrected chi connectivity index (χ2v) is 6.58. The Morgan fingerprint density at radius 2 is 1.81 bits per heavy atom. The number of rotatable bonds is 3. The summed E-state index contributed by atoms with van der Waals surface area (Å²) < 4.78 is 0. The number of hydrogen-bond acceptors (Lipinski definition) is 2. The maximum Gasteiger partial charge on any atom is 0.335 e. The lowest BCUT2D eigenvalue weighted by atomic mass is 9.85. The van der Waals surface area contributed by atoms with Crippen LogP contribution in [-0.4, -0.2) is 35.0 Å². The molecule has 1 aromatic rings. The smallest absolute Gasteiger partial charge is 0.335 e. The fourth-order valence-corrected chi connectivity index (χ4v) is 2.72. The van der Waals surface area contributed by atoms with E-state index >= 15 is 0 Å². The maximum absolute atomic E-state index is 12.4. The van der Waals surface area contributed by atoms with Crippen LogP contribution in [0.25, 0.3) is 0 Å². The van der Waals surface area contributed by atoms with E-state index in [1.807, 2.05) is 4.90 Å². The lowest BCUT2D eigenvalue weighted by molar-refractivity contribution is -0.130. The molecule has 0 aliphatic carbocycles. The molecule has 1 heterocycles. The van der Waals surface area contributed by atoms with Crippen molar-refractivity contribution >= 4 is 11.9 Å². The molecule has 0 bridgehead atoms. The zero-order chi connectivity index (χ0) is 15.5. The highest BCUT2D eigenvalue weighted by Gasteiger charge is 2.25. The number of hydrogen-bond donors (Lipinski definition) is 1. The number of amides is 1. The number of nitrogens with zero attached hydrogens (tertiary/aromatic N) is 1. The third-order valence-electron chi connectivity index (χ3n) is 4.25. The molecule has 0 atom stereocenters. The second kappa shape index (κ2) is 6.29. The van der Waals surface area contributed by atoms with Gasteiger partial charge in [-0.25, -0.2) is 4.79 Å². The Labute approximate surface area is 125 Å². The molecule has 1 aromatic carbocycles. The Kier molecular flexibility index (Phi) is 4.66. The van der Waals surface area contributed by atoms with Crippen molar-refractivity contribution in [2.75, 3.05) is 13.1 Å². The molecule has 0 unspecified atom stereocenters. The van der Waals surface area contributed by atoms with Gasteiger partial charge in [0.1, 0.15) is 0 Å². The minimum Gasteiger partial charge on any atom is -0.478 e. The molecule has 0 aromatic heterocycles. The molecule has 4 nitrogen and oxygen atoms in total. The second-order valence-electron chi connectivity index (χ2n) is 6.58. The van der Waals surface area contributed by atoms with Crippen molar-refractivity contribution in [3.8, 4) is 0 Å². The molecule has 1 aliphatic heterocycles. The molecule has 1 amide bonds. The molecule has 1 aliphatic rings. The van der Waals surface area contributed by atoms with Gasteiger partial charge in [0.15, 0.2) is 0 Å². The molecule has 114 valence electrons. The van der Waals surface area contributed by atoms with Crippen LogP contribution in [0.1, 0.15) is 49.0 Å². The van der Waals surface area contributed by atoms with Gasteiger partial charge in [-0.3, -0.25) is 4.79 Å². The quantitative estimate of drug-likeness (QED) is 0.930. The Balaban J connectivity index is 1.96. The maximum atomic E-state index is 12.4.